The highest BCUT2D eigenvalue weighted by Gasteiger charge is 2.05. The normalized spacial score (nSPS) is 11.3. The largest absolute Gasteiger partial charge is 0.409 e. The van der Waals surface area contributed by atoms with Crippen molar-refractivity contribution < 1.29 is 10.1 Å². The van der Waals surface area contributed by atoms with Crippen molar-refractivity contribution in [3.05, 3.63) is 69.8 Å². The predicted octanol–water partition coefficient (Wildman–Crippen LogP) is 2.98. The van der Waals surface area contributed by atoms with Crippen LogP contribution < -0.4 is 5.73 Å². The first-order chi connectivity index (χ1) is 10.1. The van der Waals surface area contributed by atoms with Gasteiger partial charge in [-0.1, -0.05) is 23.4 Å². The van der Waals surface area contributed by atoms with Crippen LogP contribution in [0.15, 0.2) is 58.6 Å². The molecule has 2 aromatic rings. The summed E-state index contributed by atoms with van der Waals surface area (Å²) >= 11 is 1.56. The minimum absolute atomic E-state index is 0.0668. The maximum Gasteiger partial charge on any atom is 0.269 e. The molecule has 0 aliphatic carbocycles. The Morgan fingerprint density at radius 3 is 2.62 bits per heavy atom. The van der Waals surface area contributed by atoms with E-state index in [1.807, 2.05) is 18.2 Å². The molecular weight excluding hydrogens is 290 g/mol. The van der Waals surface area contributed by atoms with Crippen LogP contribution in [-0.4, -0.2) is 16.0 Å². The number of hydrogen-bond acceptors (Lipinski definition) is 5. The van der Waals surface area contributed by atoms with E-state index in [1.165, 1.54) is 12.1 Å². The number of nitro groups is 1. The van der Waals surface area contributed by atoms with Crippen LogP contribution in [0.2, 0.25) is 0 Å². The van der Waals surface area contributed by atoms with Gasteiger partial charge in [-0.3, -0.25) is 10.1 Å². The van der Waals surface area contributed by atoms with Crippen molar-refractivity contribution in [2.45, 2.75) is 10.6 Å². The number of benzene rings is 2. The van der Waals surface area contributed by atoms with E-state index in [9.17, 15) is 10.1 Å². The van der Waals surface area contributed by atoms with Gasteiger partial charge in [0.2, 0.25) is 0 Å². The monoisotopic (exact) mass is 303 g/mol. The van der Waals surface area contributed by atoms with Crippen LogP contribution in [0, 0.1) is 10.1 Å². The summed E-state index contributed by atoms with van der Waals surface area (Å²) in [5.74, 6) is 0.752. The standard InChI is InChI=1S/C14H13N3O3S/c15-14(16-18)11-3-1-2-10(8-11)9-21-13-6-4-12(5-7-13)17(19)20/h1-8,18H,9H2,(H2,15,16). The van der Waals surface area contributed by atoms with E-state index in [4.69, 9.17) is 10.9 Å². The number of oxime groups is 1. The van der Waals surface area contributed by atoms with Crippen LogP contribution in [0.4, 0.5) is 5.69 Å². The minimum Gasteiger partial charge on any atom is -0.409 e. The van der Waals surface area contributed by atoms with E-state index in [-0.39, 0.29) is 11.5 Å². The lowest BCUT2D eigenvalue weighted by molar-refractivity contribution is -0.384. The lowest BCUT2D eigenvalue weighted by Crippen LogP contribution is -2.13. The van der Waals surface area contributed by atoms with Crippen molar-refractivity contribution in [1.29, 1.82) is 0 Å². The Balaban J connectivity index is 2.04. The number of hydrogen-bond donors (Lipinski definition) is 2. The topological polar surface area (TPSA) is 102 Å². The van der Waals surface area contributed by atoms with Crippen LogP contribution in [0.1, 0.15) is 11.1 Å². The van der Waals surface area contributed by atoms with Gasteiger partial charge < -0.3 is 10.9 Å². The number of thioether (sulfide) groups is 1. The maximum absolute atomic E-state index is 10.6. The molecule has 0 heterocycles. The van der Waals surface area contributed by atoms with E-state index in [0.29, 0.717) is 11.3 Å². The number of nitrogens with zero attached hydrogens (tertiary/aromatic N) is 2. The van der Waals surface area contributed by atoms with Crippen molar-refractivity contribution in [3.63, 3.8) is 0 Å². The van der Waals surface area contributed by atoms with E-state index in [1.54, 1.807) is 30.0 Å². The molecule has 0 amide bonds. The summed E-state index contributed by atoms with van der Waals surface area (Å²) in [6.07, 6.45) is 0. The summed E-state index contributed by atoms with van der Waals surface area (Å²) in [5.41, 5.74) is 7.29. The van der Waals surface area contributed by atoms with Crippen LogP contribution in [-0.2, 0) is 5.75 Å². The first kappa shape index (κ1) is 14.9. The summed E-state index contributed by atoms with van der Waals surface area (Å²) in [4.78, 5) is 11.1. The Bertz CT molecular complexity index is 671. The van der Waals surface area contributed by atoms with Gasteiger partial charge in [0.05, 0.1) is 4.92 Å². The second-order valence-corrected chi connectivity index (χ2v) is 5.27. The van der Waals surface area contributed by atoms with Gasteiger partial charge in [0, 0.05) is 28.3 Å². The average molecular weight is 303 g/mol. The van der Waals surface area contributed by atoms with Crippen molar-refractivity contribution in [2.24, 2.45) is 10.9 Å². The van der Waals surface area contributed by atoms with Gasteiger partial charge in [0.15, 0.2) is 5.84 Å². The fraction of sp³-hybridized carbons (Fsp3) is 0.0714. The lowest BCUT2D eigenvalue weighted by Gasteiger charge is -2.04. The number of nitrogens with two attached hydrogens (primary N) is 1. The summed E-state index contributed by atoms with van der Waals surface area (Å²) < 4.78 is 0. The molecule has 0 fully saturated rings. The smallest absolute Gasteiger partial charge is 0.269 e. The zero-order valence-electron chi connectivity index (χ0n) is 11.0. The molecule has 2 rings (SSSR count). The Kier molecular flexibility index (Phi) is 4.78. The quantitative estimate of drug-likeness (QED) is 0.221. The average Bonchev–Trinajstić information content (AvgIpc) is 2.52. The van der Waals surface area contributed by atoms with Crippen molar-refractivity contribution in [2.75, 3.05) is 0 Å². The van der Waals surface area contributed by atoms with Crippen LogP contribution in [0.3, 0.4) is 0 Å². The molecule has 108 valence electrons. The van der Waals surface area contributed by atoms with Crippen molar-refractivity contribution in [1.82, 2.24) is 0 Å². The van der Waals surface area contributed by atoms with Gasteiger partial charge in [-0.05, 0) is 23.8 Å². The second-order valence-electron chi connectivity index (χ2n) is 4.23. The zero-order chi connectivity index (χ0) is 15.2. The third-order valence-electron chi connectivity index (χ3n) is 2.78. The zero-order valence-corrected chi connectivity index (χ0v) is 11.8. The Morgan fingerprint density at radius 1 is 1.29 bits per heavy atom. The van der Waals surface area contributed by atoms with E-state index >= 15 is 0 Å². The van der Waals surface area contributed by atoms with E-state index < -0.39 is 4.92 Å². The van der Waals surface area contributed by atoms with E-state index in [0.717, 1.165) is 10.5 Å². The Hall–Kier alpha value is -2.54. The SMILES string of the molecule is N/C(=N\O)c1cccc(CSc2ccc([N+](=O)[O-])cc2)c1. The highest BCUT2D eigenvalue weighted by Crippen LogP contribution is 2.25. The molecule has 0 aliphatic rings. The highest BCUT2D eigenvalue weighted by molar-refractivity contribution is 7.98. The summed E-state index contributed by atoms with van der Waals surface area (Å²) in [6.45, 7) is 0. The number of rotatable bonds is 5. The van der Waals surface area contributed by atoms with Crippen molar-refractivity contribution in [3.8, 4) is 0 Å². The van der Waals surface area contributed by atoms with Gasteiger partial charge in [-0.15, -0.1) is 11.8 Å². The highest BCUT2D eigenvalue weighted by atomic mass is 32.2. The summed E-state index contributed by atoms with van der Waals surface area (Å²) in [6, 6.07) is 13.8. The molecule has 0 bridgehead atoms. The molecule has 0 aromatic heterocycles. The van der Waals surface area contributed by atoms with Crippen molar-refractivity contribution >= 4 is 23.3 Å². The fourth-order valence-electron chi connectivity index (χ4n) is 1.71. The summed E-state index contributed by atoms with van der Waals surface area (Å²) in [7, 11) is 0. The third kappa shape index (κ3) is 3.96. The first-order valence-corrected chi connectivity index (χ1v) is 7.03. The first-order valence-electron chi connectivity index (χ1n) is 6.04. The fourth-order valence-corrected chi connectivity index (χ4v) is 2.55. The molecular formula is C14H13N3O3S. The lowest BCUT2D eigenvalue weighted by atomic mass is 10.1. The molecule has 21 heavy (non-hydrogen) atoms. The molecule has 7 heteroatoms. The number of non-ortho nitro benzene ring substituents is 1. The van der Waals surface area contributed by atoms with Gasteiger partial charge >= 0.3 is 0 Å². The van der Waals surface area contributed by atoms with Gasteiger partial charge in [0.1, 0.15) is 0 Å². The van der Waals surface area contributed by atoms with Crippen LogP contribution in [0.25, 0.3) is 0 Å². The Morgan fingerprint density at radius 2 is 2.00 bits per heavy atom. The molecule has 2 aromatic carbocycles. The third-order valence-corrected chi connectivity index (χ3v) is 3.87. The van der Waals surface area contributed by atoms with Crippen LogP contribution in [0.5, 0.6) is 0 Å². The van der Waals surface area contributed by atoms with Crippen LogP contribution >= 0.6 is 11.8 Å². The minimum atomic E-state index is -0.422. The predicted molar refractivity (Wildman–Crippen MR) is 81.6 cm³/mol. The molecule has 6 nitrogen and oxygen atoms in total. The molecule has 0 aliphatic heterocycles. The Labute approximate surface area is 125 Å². The molecule has 0 spiro atoms. The molecule has 0 unspecified atom stereocenters. The number of nitro benzene ring substituents is 1. The molecule has 3 N–H and O–H groups in total. The summed E-state index contributed by atoms with van der Waals surface area (Å²) in [5, 5.41) is 22.2. The molecule has 0 saturated heterocycles. The maximum atomic E-state index is 10.6. The van der Waals surface area contributed by atoms with Gasteiger partial charge in [0.25, 0.3) is 5.69 Å². The van der Waals surface area contributed by atoms with Gasteiger partial charge in [-0.25, -0.2) is 0 Å². The molecule has 0 saturated carbocycles. The molecule has 0 radical (unpaired) electrons. The number of amidine groups is 1. The van der Waals surface area contributed by atoms with Gasteiger partial charge in [-0.2, -0.15) is 0 Å². The molecule has 0 atom stereocenters. The second kappa shape index (κ2) is 6.76. The van der Waals surface area contributed by atoms with E-state index in [2.05, 4.69) is 5.16 Å².